The summed E-state index contributed by atoms with van der Waals surface area (Å²) in [6.45, 7) is 4.68. The lowest BCUT2D eigenvalue weighted by Crippen LogP contribution is -2.16. The largest absolute Gasteiger partial charge is 0.382 e. The van der Waals surface area contributed by atoms with Gasteiger partial charge in [-0.05, 0) is 36.0 Å². The second-order valence-corrected chi connectivity index (χ2v) is 7.25. The van der Waals surface area contributed by atoms with Crippen molar-refractivity contribution in [1.82, 2.24) is 10.2 Å². The zero-order chi connectivity index (χ0) is 14.3. The van der Waals surface area contributed by atoms with Crippen LogP contribution in [0.3, 0.4) is 0 Å². The maximum Gasteiger partial charge on any atom is 0.153 e. The third-order valence-corrected chi connectivity index (χ3v) is 5.09. The summed E-state index contributed by atoms with van der Waals surface area (Å²) in [4.78, 5) is 0. The van der Waals surface area contributed by atoms with Crippen LogP contribution in [0, 0.1) is 5.41 Å². The topological polar surface area (TPSA) is 54.7 Å². The summed E-state index contributed by atoms with van der Waals surface area (Å²) in [7, 11) is 0. The Hall–Kier alpha value is -1.29. The van der Waals surface area contributed by atoms with Crippen LogP contribution in [0.2, 0.25) is 0 Å². The van der Waals surface area contributed by atoms with Crippen molar-refractivity contribution in [2.45, 2.75) is 39.0 Å². The Morgan fingerprint density at radius 1 is 1.30 bits per heavy atom. The van der Waals surface area contributed by atoms with E-state index in [4.69, 9.17) is 5.73 Å². The number of nitrogens with one attached hydrogen (secondary N) is 1. The van der Waals surface area contributed by atoms with Gasteiger partial charge < -0.3 is 5.73 Å². The summed E-state index contributed by atoms with van der Waals surface area (Å²) in [6, 6.07) is 8.28. The van der Waals surface area contributed by atoms with Crippen LogP contribution in [0.4, 0.5) is 5.82 Å². The first-order chi connectivity index (χ1) is 9.49. The Morgan fingerprint density at radius 3 is 2.60 bits per heavy atom. The normalized spacial score (nSPS) is 21.2. The van der Waals surface area contributed by atoms with Crippen LogP contribution in [0.25, 0.3) is 11.1 Å². The molecule has 1 aromatic heterocycles. The van der Waals surface area contributed by atoms with Gasteiger partial charge in [0, 0.05) is 21.6 Å². The second kappa shape index (κ2) is 4.92. The van der Waals surface area contributed by atoms with Gasteiger partial charge in [0.05, 0.1) is 0 Å². The first-order valence-electron chi connectivity index (χ1n) is 7.09. The van der Waals surface area contributed by atoms with E-state index in [2.05, 4.69) is 52.1 Å². The molecule has 0 saturated heterocycles. The highest BCUT2D eigenvalue weighted by molar-refractivity contribution is 9.10. The molecule has 0 spiro atoms. The van der Waals surface area contributed by atoms with E-state index >= 15 is 0 Å². The SMILES string of the molecule is CC1(C)CCCC1c1[nH]nc(N)c1-c1ccc(Br)cc1. The fourth-order valence-electron chi connectivity index (χ4n) is 3.40. The molecule has 0 amide bonds. The first kappa shape index (κ1) is 13.7. The van der Waals surface area contributed by atoms with Crippen LogP contribution >= 0.6 is 15.9 Å². The first-order valence-corrected chi connectivity index (χ1v) is 7.88. The fourth-order valence-corrected chi connectivity index (χ4v) is 3.67. The summed E-state index contributed by atoms with van der Waals surface area (Å²) in [5.41, 5.74) is 9.84. The molecule has 1 aliphatic carbocycles. The third-order valence-electron chi connectivity index (χ3n) is 4.56. The van der Waals surface area contributed by atoms with Gasteiger partial charge in [0.1, 0.15) is 0 Å². The van der Waals surface area contributed by atoms with Crippen molar-refractivity contribution < 1.29 is 0 Å². The summed E-state index contributed by atoms with van der Waals surface area (Å²) in [6.07, 6.45) is 3.74. The molecule has 3 N–H and O–H groups in total. The molecule has 1 heterocycles. The van der Waals surface area contributed by atoms with Crippen LogP contribution in [0.15, 0.2) is 28.7 Å². The molecule has 1 unspecified atom stereocenters. The number of nitrogens with two attached hydrogens (primary N) is 1. The van der Waals surface area contributed by atoms with Crippen molar-refractivity contribution in [1.29, 1.82) is 0 Å². The minimum atomic E-state index is 0.309. The van der Waals surface area contributed by atoms with Gasteiger partial charge in [-0.1, -0.05) is 48.3 Å². The predicted molar refractivity (Wildman–Crippen MR) is 86.5 cm³/mol. The van der Waals surface area contributed by atoms with E-state index in [0.717, 1.165) is 15.6 Å². The van der Waals surface area contributed by atoms with Crippen LogP contribution < -0.4 is 5.73 Å². The monoisotopic (exact) mass is 333 g/mol. The van der Waals surface area contributed by atoms with Crippen LogP contribution in [-0.4, -0.2) is 10.2 Å². The molecule has 0 bridgehead atoms. The van der Waals surface area contributed by atoms with Crippen molar-refractivity contribution in [2.75, 3.05) is 5.73 Å². The van der Waals surface area contributed by atoms with E-state index in [0.29, 0.717) is 17.2 Å². The van der Waals surface area contributed by atoms with Gasteiger partial charge in [0.25, 0.3) is 0 Å². The number of halogens is 1. The smallest absolute Gasteiger partial charge is 0.153 e. The van der Waals surface area contributed by atoms with Gasteiger partial charge in [-0.25, -0.2) is 0 Å². The van der Waals surface area contributed by atoms with E-state index < -0.39 is 0 Å². The molecule has 20 heavy (non-hydrogen) atoms. The number of anilines is 1. The number of benzene rings is 1. The minimum Gasteiger partial charge on any atom is -0.382 e. The molecule has 2 aromatic rings. The van der Waals surface area contributed by atoms with Crippen LogP contribution in [-0.2, 0) is 0 Å². The Morgan fingerprint density at radius 2 is 2.00 bits per heavy atom. The number of nitrogens with zero attached hydrogens (tertiary/aromatic N) is 1. The average Bonchev–Trinajstić information content (AvgIpc) is 2.93. The van der Waals surface area contributed by atoms with Gasteiger partial charge in [-0.15, -0.1) is 0 Å². The van der Waals surface area contributed by atoms with Crippen LogP contribution in [0.5, 0.6) is 0 Å². The maximum atomic E-state index is 6.11. The zero-order valence-electron chi connectivity index (χ0n) is 11.9. The van der Waals surface area contributed by atoms with E-state index in [1.807, 2.05) is 12.1 Å². The molecule has 1 fully saturated rings. The van der Waals surface area contributed by atoms with Gasteiger partial charge in [-0.2, -0.15) is 5.10 Å². The fraction of sp³-hybridized carbons (Fsp3) is 0.438. The molecule has 1 aliphatic rings. The van der Waals surface area contributed by atoms with Gasteiger partial charge in [-0.3, -0.25) is 5.10 Å². The molecule has 1 saturated carbocycles. The van der Waals surface area contributed by atoms with Crippen molar-refractivity contribution in [2.24, 2.45) is 5.41 Å². The molecular formula is C16H20BrN3. The number of rotatable bonds is 2. The highest BCUT2D eigenvalue weighted by atomic mass is 79.9. The van der Waals surface area contributed by atoms with E-state index in [1.165, 1.54) is 25.0 Å². The van der Waals surface area contributed by atoms with Gasteiger partial charge >= 0.3 is 0 Å². The number of aromatic nitrogens is 2. The summed E-state index contributed by atoms with van der Waals surface area (Å²) < 4.78 is 1.08. The van der Waals surface area contributed by atoms with Crippen molar-refractivity contribution in [3.05, 3.63) is 34.4 Å². The standard InChI is InChI=1S/C16H20BrN3/c1-16(2)9-3-4-12(16)14-13(15(18)20-19-14)10-5-7-11(17)8-6-10/h5-8,12H,3-4,9H2,1-2H3,(H3,18,19,20). The van der Waals surface area contributed by atoms with Crippen molar-refractivity contribution in [3.8, 4) is 11.1 Å². The highest BCUT2D eigenvalue weighted by Gasteiger charge is 2.38. The summed E-state index contributed by atoms with van der Waals surface area (Å²) >= 11 is 3.48. The minimum absolute atomic E-state index is 0.309. The number of hydrogen-bond acceptors (Lipinski definition) is 2. The molecule has 1 atom stereocenters. The molecule has 4 heteroatoms. The average molecular weight is 334 g/mol. The molecule has 3 nitrogen and oxygen atoms in total. The highest BCUT2D eigenvalue weighted by Crippen LogP contribution is 2.51. The Labute approximate surface area is 128 Å². The van der Waals surface area contributed by atoms with Crippen molar-refractivity contribution in [3.63, 3.8) is 0 Å². The summed E-state index contributed by atoms with van der Waals surface area (Å²) in [5, 5.41) is 7.46. The van der Waals surface area contributed by atoms with E-state index in [1.54, 1.807) is 0 Å². The zero-order valence-corrected chi connectivity index (χ0v) is 13.5. The number of nitrogen functional groups attached to an aromatic ring is 1. The molecule has 1 aromatic carbocycles. The molecular weight excluding hydrogens is 314 g/mol. The number of H-pyrrole nitrogens is 1. The lowest BCUT2D eigenvalue weighted by molar-refractivity contribution is 0.328. The Balaban J connectivity index is 2.08. The summed E-state index contributed by atoms with van der Waals surface area (Å²) in [5.74, 6) is 1.11. The molecule has 3 rings (SSSR count). The van der Waals surface area contributed by atoms with Crippen LogP contribution in [0.1, 0.15) is 44.7 Å². The Kier molecular flexibility index (Phi) is 3.36. The molecule has 0 radical (unpaired) electrons. The molecule has 106 valence electrons. The van der Waals surface area contributed by atoms with Crippen molar-refractivity contribution >= 4 is 21.7 Å². The second-order valence-electron chi connectivity index (χ2n) is 6.34. The lowest BCUT2D eigenvalue weighted by atomic mass is 9.78. The third kappa shape index (κ3) is 2.26. The predicted octanol–water partition coefficient (Wildman–Crippen LogP) is 4.72. The van der Waals surface area contributed by atoms with Gasteiger partial charge in [0.15, 0.2) is 5.82 Å². The lowest BCUT2D eigenvalue weighted by Gasteiger charge is -2.27. The quantitative estimate of drug-likeness (QED) is 0.835. The van der Waals surface area contributed by atoms with E-state index in [9.17, 15) is 0 Å². The Bertz CT molecular complexity index is 613. The number of aromatic amines is 1. The van der Waals surface area contributed by atoms with E-state index in [-0.39, 0.29) is 0 Å². The molecule has 0 aliphatic heterocycles. The maximum absolute atomic E-state index is 6.11. The number of hydrogen-bond donors (Lipinski definition) is 2. The van der Waals surface area contributed by atoms with Gasteiger partial charge in [0.2, 0.25) is 0 Å².